The molecule has 0 aromatic heterocycles. The predicted molar refractivity (Wildman–Crippen MR) is 166 cm³/mol. The van der Waals surface area contributed by atoms with Crippen molar-refractivity contribution >= 4 is 0 Å². The normalized spacial score (nSPS) is 36.1. The first-order chi connectivity index (χ1) is 19.1. The van der Waals surface area contributed by atoms with E-state index in [9.17, 15) is 0 Å². The van der Waals surface area contributed by atoms with Crippen LogP contribution >= 0.6 is 0 Å². The van der Waals surface area contributed by atoms with Crippen LogP contribution in [-0.2, 0) is 0 Å². The molecular weight excluding hydrogens is 475 g/mol. The molecule has 1 aromatic carbocycles. The Morgan fingerprint density at radius 3 is 1.59 bits per heavy atom. The van der Waals surface area contributed by atoms with Crippen molar-refractivity contribution < 1.29 is 4.39 Å². The van der Waals surface area contributed by atoms with Crippen LogP contribution in [-0.4, -0.2) is 0 Å². The van der Waals surface area contributed by atoms with Gasteiger partial charge in [-0.2, -0.15) is 0 Å². The van der Waals surface area contributed by atoms with Gasteiger partial charge in [-0.05, 0) is 142 Å². The molecule has 0 spiro atoms. The van der Waals surface area contributed by atoms with Crippen LogP contribution in [0, 0.1) is 41.3 Å². The van der Waals surface area contributed by atoms with E-state index in [1.165, 1.54) is 147 Å². The monoisotopic (exact) mass is 536 g/mol. The average Bonchev–Trinajstić information content (AvgIpc) is 3.00. The van der Waals surface area contributed by atoms with Crippen molar-refractivity contribution in [2.75, 3.05) is 0 Å². The minimum Gasteiger partial charge on any atom is -0.207 e. The van der Waals surface area contributed by atoms with Crippen molar-refractivity contribution in [2.45, 2.75) is 167 Å². The van der Waals surface area contributed by atoms with E-state index in [4.69, 9.17) is 0 Å². The topological polar surface area (TPSA) is 0 Å². The molecule has 0 amide bonds. The van der Waals surface area contributed by atoms with Crippen LogP contribution < -0.4 is 0 Å². The molecule has 0 heterocycles. The highest BCUT2D eigenvalue weighted by Gasteiger charge is 2.33. The fraction of sp³-hybridized carbons (Fsp3) is 0.842. The molecule has 0 nitrogen and oxygen atoms in total. The Morgan fingerprint density at radius 1 is 0.564 bits per heavy atom. The summed E-state index contributed by atoms with van der Waals surface area (Å²) in [6, 6.07) is 6.49. The van der Waals surface area contributed by atoms with E-state index in [-0.39, 0.29) is 5.82 Å². The fourth-order valence-corrected chi connectivity index (χ4v) is 9.83. The van der Waals surface area contributed by atoms with E-state index >= 15 is 4.39 Å². The van der Waals surface area contributed by atoms with Gasteiger partial charge in [-0.25, -0.2) is 4.39 Å². The zero-order valence-corrected chi connectivity index (χ0v) is 25.8. The molecule has 4 aliphatic rings. The SMILES string of the molecule is CCCCCCC1CCC(C2CCC(c3ccc(C4CCC(C5CCC(CC)CC5)CC4)c(F)c3)CC2)CC1. The van der Waals surface area contributed by atoms with Gasteiger partial charge in [0.25, 0.3) is 0 Å². The van der Waals surface area contributed by atoms with Gasteiger partial charge in [0.05, 0.1) is 0 Å². The highest BCUT2D eigenvalue weighted by atomic mass is 19.1. The van der Waals surface area contributed by atoms with Crippen LogP contribution in [0.1, 0.15) is 178 Å². The van der Waals surface area contributed by atoms with E-state index in [0.29, 0.717) is 11.8 Å². The summed E-state index contributed by atoms with van der Waals surface area (Å²) < 4.78 is 15.5. The van der Waals surface area contributed by atoms with Gasteiger partial charge in [0.1, 0.15) is 5.82 Å². The van der Waals surface area contributed by atoms with E-state index in [1.807, 2.05) is 6.07 Å². The Balaban J connectivity index is 1.04. The number of benzene rings is 1. The quantitative estimate of drug-likeness (QED) is 0.261. The van der Waals surface area contributed by atoms with Crippen LogP contribution in [0.15, 0.2) is 18.2 Å². The summed E-state index contributed by atoms with van der Waals surface area (Å²) >= 11 is 0. The summed E-state index contributed by atoms with van der Waals surface area (Å²) in [7, 11) is 0. The number of halogens is 1. The lowest BCUT2D eigenvalue weighted by Gasteiger charge is -2.38. The summed E-state index contributed by atoms with van der Waals surface area (Å²) in [4.78, 5) is 0. The van der Waals surface area contributed by atoms with Gasteiger partial charge in [0.2, 0.25) is 0 Å². The Kier molecular flexibility index (Phi) is 11.3. The molecule has 4 saturated carbocycles. The van der Waals surface area contributed by atoms with Crippen molar-refractivity contribution in [3.63, 3.8) is 0 Å². The molecule has 1 heteroatoms. The highest BCUT2D eigenvalue weighted by Crippen LogP contribution is 2.47. The molecule has 0 aliphatic heterocycles. The number of unbranched alkanes of at least 4 members (excludes halogenated alkanes) is 3. The summed E-state index contributed by atoms with van der Waals surface area (Å²) in [6.45, 7) is 4.68. The average molecular weight is 537 g/mol. The molecule has 0 N–H and O–H groups in total. The van der Waals surface area contributed by atoms with Gasteiger partial charge in [-0.3, -0.25) is 0 Å². The second-order valence-corrected chi connectivity index (χ2v) is 14.8. The summed E-state index contributed by atoms with van der Waals surface area (Å²) in [5.74, 6) is 6.97. The van der Waals surface area contributed by atoms with Crippen LogP contribution in [0.25, 0.3) is 0 Å². The zero-order valence-electron chi connectivity index (χ0n) is 25.8. The smallest absolute Gasteiger partial charge is 0.126 e. The maximum absolute atomic E-state index is 15.5. The van der Waals surface area contributed by atoms with Crippen molar-refractivity contribution in [1.82, 2.24) is 0 Å². The molecule has 0 saturated heterocycles. The molecule has 5 rings (SSSR count). The van der Waals surface area contributed by atoms with Crippen LogP contribution in [0.4, 0.5) is 4.39 Å². The first-order valence-electron chi connectivity index (χ1n) is 17.9. The maximum atomic E-state index is 15.5. The van der Waals surface area contributed by atoms with Crippen LogP contribution in [0.2, 0.25) is 0 Å². The molecule has 0 unspecified atom stereocenters. The largest absolute Gasteiger partial charge is 0.207 e. The van der Waals surface area contributed by atoms with Gasteiger partial charge in [0.15, 0.2) is 0 Å². The minimum atomic E-state index is 0.110. The summed E-state index contributed by atoms with van der Waals surface area (Å²) in [6.07, 6.45) is 30.7. The third-order valence-corrected chi connectivity index (χ3v) is 12.6. The number of hydrogen-bond donors (Lipinski definition) is 0. The van der Waals surface area contributed by atoms with Crippen molar-refractivity contribution in [3.8, 4) is 0 Å². The molecule has 220 valence electrons. The van der Waals surface area contributed by atoms with Gasteiger partial charge in [0, 0.05) is 0 Å². The minimum absolute atomic E-state index is 0.110. The molecule has 0 radical (unpaired) electrons. The van der Waals surface area contributed by atoms with E-state index in [2.05, 4.69) is 26.0 Å². The van der Waals surface area contributed by atoms with E-state index in [1.54, 1.807) is 0 Å². The van der Waals surface area contributed by atoms with Gasteiger partial charge >= 0.3 is 0 Å². The Labute approximate surface area is 241 Å². The first-order valence-corrected chi connectivity index (χ1v) is 17.9. The number of rotatable bonds is 10. The zero-order chi connectivity index (χ0) is 27.0. The van der Waals surface area contributed by atoms with Gasteiger partial charge in [-0.15, -0.1) is 0 Å². The second-order valence-electron chi connectivity index (χ2n) is 14.8. The lowest BCUT2D eigenvalue weighted by Crippen LogP contribution is -2.26. The van der Waals surface area contributed by atoms with Crippen molar-refractivity contribution in [2.24, 2.45) is 35.5 Å². The van der Waals surface area contributed by atoms with Gasteiger partial charge in [-0.1, -0.05) is 90.2 Å². The maximum Gasteiger partial charge on any atom is 0.126 e. The molecule has 39 heavy (non-hydrogen) atoms. The van der Waals surface area contributed by atoms with E-state index < -0.39 is 0 Å². The Morgan fingerprint density at radius 2 is 1.08 bits per heavy atom. The first kappa shape index (κ1) is 29.6. The second kappa shape index (κ2) is 14.9. The predicted octanol–water partition coefficient (Wildman–Crippen LogP) is 12.4. The highest BCUT2D eigenvalue weighted by molar-refractivity contribution is 5.30. The number of hydrogen-bond acceptors (Lipinski definition) is 0. The standard InChI is InChI=1S/C38H61F/c1-3-5-6-7-8-29-11-15-31(16-12-29)32-17-19-34(20-18-32)36-25-26-37(38(39)27-36)35-23-21-33(22-24-35)30-13-9-28(4-2)10-14-30/h25-35H,3-24H2,1-2H3. The summed E-state index contributed by atoms with van der Waals surface area (Å²) in [5.41, 5.74) is 2.33. The van der Waals surface area contributed by atoms with Gasteiger partial charge < -0.3 is 0 Å². The molecule has 1 aromatic rings. The summed E-state index contributed by atoms with van der Waals surface area (Å²) in [5, 5.41) is 0. The lowest BCUT2D eigenvalue weighted by molar-refractivity contribution is 0.155. The van der Waals surface area contributed by atoms with Crippen molar-refractivity contribution in [3.05, 3.63) is 35.1 Å². The Hall–Kier alpha value is -0.850. The third-order valence-electron chi connectivity index (χ3n) is 12.6. The fourth-order valence-electron chi connectivity index (χ4n) is 9.83. The molecular formula is C38H61F. The molecule has 4 aliphatic carbocycles. The van der Waals surface area contributed by atoms with Crippen LogP contribution in [0.3, 0.4) is 0 Å². The van der Waals surface area contributed by atoms with Crippen LogP contribution in [0.5, 0.6) is 0 Å². The molecule has 0 atom stereocenters. The van der Waals surface area contributed by atoms with E-state index in [0.717, 1.165) is 41.1 Å². The Bertz CT molecular complexity index is 826. The molecule has 0 bridgehead atoms. The third kappa shape index (κ3) is 7.92. The molecule has 4 fully saturated rings. The van der Waals surface area contributed by atoms with Crippen molar-refractivity contribution in [1.29, 1.82) is 0 Å². The lowest BCUT2D eigenvalue weighted by atomic mass is 9.67.